The molecule has 1 aliphatic carbocycles. The van der Waals surface area contributed by atoms with Crippen LogP contribution in [0.2, 0.25) is 0 Å². The lowest BCUT2D eigenvalue weighted by molar-refractivity contribution is -0.161. The second-order valence-electron chi connectivity index (χ2n) is 15.1. The van der Waals surface area contributed by atoms with E-state index in [0.29, 0.717) is 32.1 Å². The molecule has 0 heterocycles. The Hall–Kier alpha value is -2.94. The van der Waals surface area contributed by atoms with E-state index in [1.807, 2.05) is 18.2 Å². The monoisotopic (exact) mass is 855 g/mol. The highest BCUT2D eigenvalue weighted by molar-refractivity contribution is 7.47. The Morgan fingerprint density at radius 3 is 2.10 bits per heavy atom. The Morgan fingerprint density at radius 2 is 1.39 bits per heavy atom. The zero-order valence-corrected chi connectivity index (χ0v) is 36.3. The number of carboxylic acid groups (broad SMARTS) is 1. The average Bonchev–Trinajstić information content (AvgIpc) is 3.47. The van der Waals surface area contributed by atoms with Crippen LogP contribution in [0.25, 0.3) is 0 Å². The number of nitrogens with two attached hydrogens (primary N) is 1. The first kappa shape index (κ1) is 54.1. The number of unbranched alkanes of at least 4 members (excludes halogenated alkanes) is 8. The van der Waals surface area contributed by atoms with Gasteiger partial charge in [0.15, 0.2) is 6.10 Å². The Kier molecular flexibility index (Phi) is 30.9. The van der Waals surface area contributed by atoms with Crippen LogP contribution in [0.15, 0.2) is 60.8 Å². The van der Waals surface area contributed by atoms with Gasteiger partial charge in [-0.15, -0.1) is 0 Å². The number of rotatable bonds is 35. The quantitative estimate of drug-likeness (QED) is 0.0156. The number of aliphatic carboxylic acids is 1. The van der Waals surface area contributed by atoms with Crippen molar-refractivity contribution >= 4 is 25.7 Å². The number of aliphatic hydroxyl groups excluding tert-OH is 3. The fourth-order valence-corrected chi connectivity index (χ4v) is 7.14. The van der Waals surface area contributed by atoms with Gasteiger partial charge in [0.2, 0.25) is 0 Å². The molecule has 0 aliphatic heterocycles. The Balaban J connectivity index is 2.53. The fourth-order valence-electron chi connectivity index (χ4n) is 6.37. The number of carbonyl (C=O) groups excluding carboxylic acids is 2. The first-order valence-electron chi connectivity index (χ1n) is 21.6. The molecule has 1 fully saturated rings. The number of ether oxygens (including phenoxy) is 2. The maximum Gasteiger partial charge on any atom is 0.472 e. The van der Waals surface area contributed by atoms with Crippen LogP contribution in [0.1, 0.15) is 136 Å². The summed E-state index contributed by atoms with van der Waals surface area (Å²) in [5, 5.41) is 40.2. The molecular weight excluding hydrogens is 781 g/mol. The molecule has 0 aromatic heterocycles. The van der Waals surface area contributed by atoms with Crippen molar-refractivity contribution in [1.29, 1.82) is 0 Å². The highest BCUT2D eigenvalue weighted by atomic mass is 31.2. The molecule has 14 nitrogen and oxygen atoms in total. The first-order valence-corrected chi connectivity index (χ1v) is 23.1. The molecule has 0 aromatic carbocycles. The third-order valence-corrected chi connectivity index (χ3v) is 10.8. The van der Waals surface area contributed by atoms with Gasteiger partial charge in [-0.3, -0.25) is 23.4 Å². The van der Waals surface area contributed by atoms with E-state index in [4.69, 9.17) is 24.8 Å². The van der Waals surface area contributed by atoms with Crippen molar-refractivity contribution in [3.63, 3.8) is 0 Å². The van der Waals surface area contributed by atoms with Gasteiger partial charge in [0.05, 0.1) is 31.5 Å². The minimum atomic E-state index is -4.78. The second-order valence-corrected chi connectivity index (χ2v) is 16.5. The number of esters is 2. The molecule has 15 heteroatoms. The normalized spacial score (nSPS) is 21.2. The van der Waals surface area contributed by atoms with Gasteiger partial charge in [0, 0.05) is 25.2 Å². The summed E-state index contributed by atoms with van der Waals surface area (Å²) in [5.74, 6) is -3.09. The maximum atomic E-state index is 12.7. The van der Waals surface area contributed by atoms with Gasteiger partial charge >= 0.3 is 25.7 Å². The standard InChI is InChI=1S/C44H74NO13P/c1-3-5-7-8-9-10-11-12-13-14-15-16-17-18-24-28-43(50)58-36(33-56-59(53,54)57-34-39(45)44(51)52)32-55-42(49)27-23-20-19-22-26-37-38(41(48)31-40(37)47)30-29-35(46)25-21-6-4-2/h5,7,9-10,12-13,19,22,29-30,35-41,46-48H,3-4,6,8,11,14-18,20-21,23-28,31-34,45H2,1-2H3,(H,51,52)(H,53,54)/b7-5-,10-9-,13-12-,22-19+,30-29+/t35-,36+,37+,38+,39-,40-,41+/m0/s1. The minimum Gasteiger partial charge on any atom is -0.480 e. The molecule has 338 valence electrons. The van der Waals surface area contributed by atoms with Gasteiger partial charge in [0.25, 0.3) is 0 Å². The SMILES string of the molecule is CC/C=C\C/C=C\C/C=C\CCCCCCCC(=O)O[C@H](COC(=O)CCC/C=C/C[C@@H]1[C@@H](/C=C/[C@@H](O)CCCCC)[C@H](O)C[C@@H]1O)COP(=O)(O)OC[C@H](N)C(=O)O. The predicted molar refractivity (Wildman–Crippen MR) is 228 cm³/mol. The second kappa shape index (κ2) is 33.7. The molecular formula is C44H74NO13P. The lowest BCUT2D eigenvalue weighted by Crippen LogP contribution is -2.34. The molecule has 0 bridgehead atoms. The number of aliphatic hydroxyl groups is 3. The van der Waals surface area contributed by atoms with Gasteiger partial charge in [-0.2, -0.15) is 0 Å². The van der Waals surface area contributed by atoms with Gasteiger partial charge in [-0.1, -0.05) is 113 Å². The number of carbonyl (C=O) groups is 3. The van der Waals surface area contributed by atoms with Crippen molar-refractivity contribution in [2.75, 3.05) is 19.8 Å². The van der Waals surface area contributed by atoms with Gasteiger partial charge < -0.3 is 40.5 Å². The third-order valence-electron chi connectivity index (χ3n) is 9.82. The van der Waals surface area contributed by atoms with Crippen LogP contribution < -0.4 is 5.73 Å². The third kappa shape index (κ3) is 28.3. The average molecular weight is 856 g/mol. The molecule has 59 heavy (non-hydrogen) atoms. The van der Waals surface area contributed by atoms with Crippen LogP contribution in [-0.4, -0.2) is 93.5 Å². The molecule has 1 saturated carbocycles. The Morgan fingerprint density at radius 1 is 0.763 bits per heavy atom. The van der Waals surface area contributed by atoms with E-state index < -0.39 is 76.0 Å². The van der Waals surface area contributed by atoms with Crippen molar-refractivity contribution in [2.24, 2.45) is 17.6 Å². The highest BCUT2D eigenvalue weighted by Crippen LogP contribution is 2.43. The first-order chi connectivity index (χ1) is 28.3. The molecule has 1 rings (SSSR count). The summed E-state index contributed by atoms with van der Waals surface area (Å²) < 4.78 is 32.6. The summed E-state index contributed by atoms with van der Waals surface area (Å²) in [6.07, 6.45) is 31.0. The molecule has 0 spiro atoms. The molecule has 0 amide bonds. The van der Waals surface area contributed by atoms with Crippen LogP contribution in [0.5, 0.6) is 0 Å². The number of hydrogen-bond donors (Lipinski definition) is 6. The smallest absolute Gasteiger partial charge is 0.472 e. The Bertz CT molecular complexity index is 1350. The van der Waals surface area contributed by atoms with E-state index in [1.54, 1.807) is 6.08 Å². The molecule has 1 unspecified atom stereocenters. The highest BCUT2D eigenvalue weighted by Gasteiger charge is 2.39. The molecule has 8 atom stereocenters. The van der Waals surface area contributed by atoms with Gasteiger partial charge in [-0.05, 0) is 70.1 Å². The molecule has 0 saturated heterocycles. The van der Waals surface area contributed by atoms with Crippen LogP contribution in [0, 0.1) is 11.8 Å². The fraction of sp³-hybridized carbons (Fsp3) is 0.705. The van der Waals surface area contributed by atoms with Crippen LogP contribution in [0.4, 0.5) is 0 Å². The zero-order valence-electron chi connectivity index (χ0n) is 35.4. The number of allylic oxidation sites excluding steroid dienone is 8. The van der Waals surface area contributed by atoms with Crippen molar-refractivity contribution in [3.8, 4) is 0 Å². The van der Waals surface area contributed by atoms with E-state index in [0.717, 1.165) is 70.6 Å². The van der Waals surface area contributed by atoms with E-state index >= 15 is 0 Å². The molecule has 0 aromatic rings. The summed E-state index contributed by atoms with van der Waals surface area (Å²) in [4.78, 5) is 46.1. The van der Waals surface area contributed by atoms with Crippen molar-refractivity contribution in [2.45, 2.75) is 166 Å². The number of phosphoric ester groups is 1. The molecule has 0 radical (unpaired) electrons. The van der Waals surface area contributed by atoms with E-state index in [-0.39, 0.29) is 31.1 Å². The summed E-state index contributed by atoms with van der Waals surface area (Å²) in [6.45, 7) is 2.31. The van der Waals surface area contributed by atoms with Crippen molar-refractivity contribution in [1.82, 2.24) is 0 Å². The topological polar surface area (TPSA) is 232 Å². The van der Waals surface area contributed by atoms with Crippen LogP contribution >= 0.6 is 7.82 Å². The van der Waals surface area contributed by atoms with Gasteiger partial charge in [0.1, 0.15) is 12.6 Å². The van der Waals surface area contributed by atoms with E-state index in [2.05, 4.69) is 54.8 Å². The summed E-state index contributed by atoms with van der Waals surface area (Å²) in [7, 11) is -4.78. The lowest BCUT2D eigenvalue weighted by atomic mass is 9.89. The Labute approximate surface area is 352 Å². The van der Waals surface area contributed by atoms with Crippen molar-refractivity contribution in [3.05, 3.63) is 60.8 Å². The largest absolute Gasteiger partial charge is 0.480 e. The van der Waals surface area contributed by atoms with Crippen LogP contribution in [0.3, 0.4) is 0 Å². The number of phosphoric acid groups is 1. The predicted octanol–water partition coefficient (Wildman–Crippen LogP) is 7.55. The summed E-state index contributed by atoms with van der Waals surface area (Å²) >= 11 is 0. The van der Waals surface area contributed by atoms with Crippen LogP contribution in [-0.2, 0) is 37.5 Å². The van der Waals surface area contributed by atoms with E-state index in [9.17, 15) is 39.2 Å². The summed E-state index contributed by atoms with van der Waals surface area (Å²) in [6, 6.07) is -1.56. The molecule has 1 aliphatic rings. The number of carboxylic acids is 1. The number of hydrogen-bond acceptors (Lipinski definition) is 12. The van der Waals surface area contributed by atoms with Gasteiger partial charge in [-0.25, -0.2) is 4.57 Å². The van der Waals surface area contributed by atoms with Crippen molar-refractivity contribution < 1.29 is 62.8 Å². The summed E-state index contributed by atoms with van der Waals surface area (Å²) in [5.41, 5.74) is 5.32. The zero-order chi connectivity index (χ0) is 43.7. The minimum absolute atomic E-state index is 0.0381. The molecule has 7 N–H and O–H groups in total. The lowest BCUT2D eigenvalue weighted by Gasteiger charge is -2.20. The maximum absolute atomic E-state index is 12.7. The van der Waals surface area contributed by atoms with E-state index in [1.165, 1.54) is 0 Å².